The molecule has 0 bridgehead atoms. The van der Waals surface area contributed by atoms with E-state index < -0.39 is 11.8 Å². The van der Waals surface area contributed by atoms with Crippen LogP contribution in [0.15, 0.2) is 60.7 Å². The van der Waals surface area contributed by atoms with Gasteiger partial charge in [-0.2, -0.15) is 0 Å². The Morgan fingerprint density at radius 1 is 1.00 bits per heavy atom. The van der Waals surface area contributed by atoms with Crippen molar-refractivity contribution in [1.29, 1.82) is 0 Å². The van der Waals surface area contributed by atoms with Crippen LogP contribution in [-0.4, -0.2) is 23.3 Å². The first-order valence-electron chi connectivity index (χ1n) is 9.20. The minimum Gasteiger partial charge on any atom is -0.347 e. The van der Waals surface area contributed by atoms with Crippen LogP contribution in [-0.2, 0) is 16.0 Å². The van der Waals surface area contributed by atoms with Crippen molar-refractivity contribution in [1.82, 2.24) is 15.6 Å². The van der Waals surface area contributed by atoms with Crippen LogP contribution in [0.2, 0.25) is 0 Å². The number of carbonyl (C=O) groups excluding carboxylic acids is 2. The average molecular weight is 394 g/mol. The van der Waals surface area contributed by atoms with Crippen molar-refractivity contribution in [2.75, 3.05) is 6.54 Å². The van der Waals surface area contributed by atoms with E-state index in [0.29, 0.717) is 13.0 Å². The molecule has 1 aromatic heterocycles. The Morgan fingerprint density at radius 2 is 1.64 bits per heavy atom. The number of nitrogens with zero attached hydrogens (tertiary/aromatic N) is 1. The molecular formula is C22H23N3O2S. The molecule has 3 rings (SSSR count). The lowest BCUT2D eigenvalue weighted by molar-refractivity contribution is -0.139. The Morgan fingerprint density at radius 3 is 2.32 bits per heavy atom. The summed E-state index contributed by atoms with van der Waals surface area (Å²) in [6.45, 7) is 4.21. The molecule has 28 heavy (non-hydrogen) atoms. The van der Waals surface area contributed by atoms with Gasteiger partial charge in [0.05, 0.1) is 11.7 Å². The molecule has 0 saturated carbocycles. The Hall–Kier alpha value is -2.99. The van der Waals surface area contributed by atoms with Crippen molar-refractivity contribution in [2.24, 2.45) is 0 Å². The molecule has 0 spiro atoms. The highest BCUT2D eigenvalue weighted by Crippen LogP contribution is 2.27. The molecule has 1 heterocycles. The molecule has 5 nitrogen and oxygen atoms in total. The van der Waals surface area contributed by atoms with Gasteiger partial charge in [-0.1, -0.05) is 60.7 Å². The molecule has 0 fully saturated rings. The zero-order chi connectivity index (χ0) is 19.9. The van der Waals surface area contributed by atoms with Crippen molar-refractivity contribution in [3.05, 3.63) is 76.8 Å². The van der Waals surface area contributed by atoms with E-state index in [4.69, 9.17) is 0 Å². The van der Waals surface area contributed by atoms with E-state index in [1.54, 1.807) is 11.3 Å². The Bertz CT molecular complexity index is 939. The van der Waals surface area contributed by atoms with Gasteiger partial charge in [0.1, 0.15) is 5.01 Å². The van der Waals surface area contributed by atoms with Gasteiger partial charge in [0.2, 0.25) is 0 Å². The van der Waals surface area contributed by atoms with E-state index in [9.17, 15) is 9.59 Å². The van der Waals surface area contributed by atoms with Gasteiger partial charge in [0, 0.05) is 23.4 Å². The van der Waals surface area contributed by atoms with Crippen LogP contribution in [0.25, 0.3) is 10.6 Å². The summed E-state index contributed by atoms with van der Waals surface area (Å²) in [4.78, 5) is 29.9. The van der Waals surface area contributed by atoms with Crippen LogP contribution in [0.1, 0.15) is 29.1 Å². The second-order valence-corrected chi connectivity index (χ2v) is 7.59. The fourth-order valence-corrected chi connectivity index (χ4v) is 3.89. The number of aryl methyl sites for hydroxylation is 1. The third-order valence-corrected chi connectivity index (χ3v) is 5.67. The average Bonchev–Trinajstić information content (AvgIpc) is 3.09. The molecule has 2 amide bonds. The van der Waals surface area contributed by atoms with Gasteiger partial charge < -0.3 is 10.6 Å². The maximum atomic E-state index is 12.1. The van der Waals surface area contributed by atoms with Crippen molar-refractivity contribution in [3.63, 3.8) is 0 Å². The summed E-state index contributed by atoms with van der Waals surface area (Å²) < 4.78 is 0. The number of thiazole rings is 1. The van der Waals surface area contributed by atoms with Gasteiger partial charge in [-0.05, 0) is 19.4 Å². The molecule has 1 atom stereocenters. The zero-order valence-electron chi connectivity index (χ0n) is 15.9. The third kappa shape index (κ3) is 5.04. The van der Waals surface area contributed by atoms with Gasteiger partial charge >= 0.3 is 11.8 Å². The van der Waals surface area contributed by atoms with E-state index in [0.717, 1.165) is 26.7 Å². The normalized spacial score (nSPS) is 11.6. The van der Waals surface area contributed by atoms with Gasteiger partial charge in [-0.25, -0.2) is 4.98 Å². The molecule has 0 saturated heterocycles. The maximum absolute atomic E-state index is 12.1. The summed E-state index contributed by atoms with van der Waals surface area (Å²) in [5.74, 6) is -1.24. The molecule has 2 N–H and O–H groups in total. The number of amides is 2. The lowest BCUT2D eigenvalue weighted by Gasteiger charge is -2.13. The topological polar surface area (TPSA) is 71.1 Å². The van der Waals surface area contributed by atoms with Crippen LogP contribution < -0.4 is 10.6 Å². The van der Waals surface area contributed by atoms with Gasteiger partial charge in [0.25, 0.3) is 0 Å². The number of hydrogen-bond donors (Lipinski definition) is 2. The second kappa shape index (κ2) is 9.28. The molecule has 0 aliphatic rings. The van der Waals surface area contributed by atoms with E-state index in [1.165, 1.54) is 0 Å². The first kappa shape index (κ1) is 19.8. The molecule has 3 aromatic rings. The summed E-state index contributed by atoms with van der Waals surface area (Å²) in [6, 6.07) is 19.3. The molecule has 144 valence electrons. The van der Waals surface area contributed by atoms with E-state index >= 15 is 0 Å². The Balaban J connectivity index is 1.50. The zero-order valence-corrected chi connectivity index (χ0v) is 16.8. The number of benzene rings is 2. The van der Waals surface area contributed by atoms with Gasteiger partial charge in [-0.3, -0.25) is 9.59 Å². The van der Waals surface area contributed by atoms with Crippen LogP contribution in [0.5, 0.6) is 0 Å². The van der Waals surface area contributed by atoms with Crippen molar-refractivity contribution >= 4 is 23.2 Å². The maximum Gasteiger partial charge on any atom is 0.309 e. The lowest BCUT2D eigenvalue weighted by Crippen LogP contribution is -2.41. The molecule has 0 radical (unpaired) electrons. The van der Waals surface area contributed by atoms with Crippen LogP contribution in [0.3, 0.4) is 0 Å². The quantitative estimate of drug-likeness (QED) is 0.628. The highest BCUT2D eigenvalue weighted by atomic mass is 32.1. The summed E-state index contributed by atoms with van der Waals surface area (Å²) in [5.41, 5.74) is 3.00. The molecule has 6 heteroatoms. The van der Waals surface area contributed by atoms with E-state index in [2.05, 4.69) is 15.6 Å². The number of carbonyl (C=O) groups is 2. The smallest absolute Gasteiger partial charge is 0.309 e. The summed E-state index contributed by atoms with van der Waals surface area (Å²) in [5, 5.41) is 6.38. The SMILES string of the molecule is Cc1nc(-c2ccccc2)sc1CCNC(=O)C(=O)N[C@@H](C)c1ccccc1. The lowest BCUT2D eigenvalue weighted by atomic mass is 10.1. The van der Waals surface area contributed by atoms with Crippen molar-refractivity contribution in [3.8, 4) is 10.6 Å². The predicted molar refractivity (Wildman–Crippen MR) is 112 cm³/mol. The standard InChI is InChI=1S/C22H23N3O2S/c1-15(17-9-5-3-6-10-17)24-21(27)20(26)23-14-13-19-16(2)25-22(28-19)18-11-7-4-8-12-18/h3-12,15H,13-14H2,1-2H3,(H,23,26)(H,24,27)/t15-/m0/s1. The van der Waals surface area contributed by atoms with E-state index in [1.807, 2.05) is 74.5 Å². The van der Waals surface area contributed by atoms with Crippen LogP contribution in [0.4, 0.5) is 0 Å². The predicted octanol–water partition coefficient (Wildman–Crippen LogP) is 3.65. The van der Waals surface area contributed by atoms with E-state index in [-0.39, 0.29) is 6.04 Å². The fraction of sp³-hybridized carbons (Fsp3) is 0.227. The third-order valence-electron chi connectivity index (χ3n) is 4.40. The monoisotopic (exact) mass is 393 g/mol. The van der Waals surface area contributed by atoms with Crippen molar-refractivity contribution in [2.45, 2.75) is 26.3 Å². The molecule has 2 aromatic carbocycles. The second-order valence-electron chi connectivity index (χ2n) is 6.51. The summed E-state index contributed by atoms with van der Waals surface area (Å²) in [7, 11) is 0. The molecule has 0 unspecified atom stereocenters. The largest absolute Gasteiger partial charge is 0.347 e. The minimum absolute atomic E-state index is 0.225. The van der Waals surface area contributed by atoms with Crippen LogP contribution >= 0.6 is 11.3 Å². The van der Waals surface area contributed by atoms with Gasteiger partial charge in [-0.15, -0.1) is 11.3 Å². The number of rotatable bonds is 6. The first-order valence-corrected chi connectivity index (χ1v) is 10.0. The number of hydrogen-bond acceptors (Lipinski definition) is 4. The Labute approximate surface area is 168 Å². The summed E-state index contributed by atoms with van der Waals surface area (Å²) >= 11 is 1.62. The van der Waals surface area contributed by atoms with Gasteiger partial charge in [0.15, 0.2) is 0 Å². The number of aromatic nitrogens is 1. The molecular weight excluding hydrogens is 370 g/mol. The first-order chi connectivity index (χ1) is 13.5. The Kier molecular flexibility index (Phi) is 6.55. The molecule has 0 aliphatic carbocycles. The highest BCUT2D eigenvalue weighted by molar-refractivity contribution is 7.15. The number of nitrogens with one attached hydrogen (secondary N) is 2. The van der Waals surface area contributed by atoms with Crippen LogP contribution in [0, 0.1) is 6.92 Å². The highest BCUT2D eigenvalue weighted by Gasteiger charge is 2.17. The molecule has 0 aliphatic heterocycles. The fourth-order valence-electron chi connectivity index (χ4n) is 2.82. The minimum atomic E-state index is -0.623. The van der Waals surface area contributed by atoms with Crippen molar-refractivity contribution < 1.29 is 9.59 Å². The summed E-state index contributed by atoms with van der Waals surface area (Å²) in [6.07, 6.45) is 0.642.